The molecule has 0 saturated carbocycles. The third-order valence-electron chi connectivity index (χ3n) is 2.71. The molecule has 1 aromatic heterocycles. The Morgan fingerprint density at radius 3 is 2.47 bits per heavy atom. The van der Waals surface area contributed by atoms with Crippen LogP contribution in [0.5, 0.6) is 0 Å². The van der Waals surface area contributed by atoms with Gasteiger partial charge in [0, 0.05) is 10.9 Å². The van der Waals surface area contributed by atoms with Crippen molar-refractivity contribution < 1.29 is 0 Å². The molecular formula is C12H13Cl2N3. The molecule has 1 aromatic carbocycles. The molecular weight excluding hydrogens is 257 g/mol. The van der Waals surface area contributed by atoms with Gasteiger partial charge in [0.1, 0.15) is 0 Å². The van der Waals surface area contributed by atoms with Gasteiger partial charge in [0.05, 0.1) is 5.69 Å². The number of nitrogens with zero attached hydrogens (tertiary/aromatic N) is 3. The highest BCUT2D eigenvalue weighted by atomic mass is 35.5. The van der Waals surface area contributed by atoms with Crippen molar-refractivity contribution in [3.63, 3.8) is 0 Å². The average molecular weight is 270 g/mol. The first-order valence-corrected chi connectivity index (χ1v) is 6.25. The number of rotatable bonds is 3. The number of benzene rings is 1. The van der Waals surface area contributed by atoms with E-state index in [1.807, 2.05) is 12.1 Å². The minimum absolute atomic E-state index is 0.307. The highest BCUT2D eigenvalue weighted by molar-refractivity contribution is 6.30. The molecule has 90 valence electrons. The van der Waals surface area contributed by atoms with Crippen LogP contribution in [-0.4, -0.2) is 14.8 Å². The third kappa shape index (κ3) is 2.61. The minimum Gasteiger partial charge on any atom is -0.203 e. The molecule has 1 heterocycles. The largest absolute Gasteiger partial charge is 0.225 e. The van der Waals surface area contributed by atoms with E-state index in [2.05, 4.69) is 23.9 Å². The molecule has 0 amide bonds. The summed E-state index contributed by atoms with van der Waals surface area (Å²) in [7, 11) is 0. The van der Waals surface area contributed by atoms with Crippen LogP contribution < -0.4 is 0 Å². The van der Waals surface area contributed by atoms with Gasteiger partial charge < -0.3 is 0 Å². The second-order valence-electron chi connectivity index (χ2n) is 3.94. The van der Waals surface area contributed by atoms with Gasteiger partial charge >= 0.3 is 0 Å². The van der Waals surface area contributed by atoms with Crippen LogP contribution in [0.1, 0.15) is 32.0 Å². The molecule has 0 aliphatic rings. The lowest BCUT2D eigenvalue weighted by Crippen LogP contribution is -1.99. The van der Waals surface area contributed by atoms with Crippen molar-refractivity contribution in [3.05, 3.63) is 40.4 Å². The molecule has 0 radical (unpaired) electrons. The van der Waals surface area contributed by atoms with Gasteiger partial charge in [-0.2, -0.15) is 0 Å². The summed E-state index contributed by atoms with van der Waals surface area (Å²) in [5, 5.41) is 5.48. The molecule has 0 fully saturated rings. The van der Waals surface area contributed by atoms with Crippen molar-refractivity contribution >= 4 is 23.2 Å². The summed E-state index contributed by atoms with van der Waals surface area (Å²) < 4.78 is 1.62. The van der Waals surface area contributed by atoms with Gasteiger partial charge in [0.2, 0.25) is 5.28 Å². The van der Waals surface area contributed by atoms with Crippen LogP contribution >= 0.6 is 23.2 Å². The van der Waals surface area contributed by atoms with Crippen molar-refractivity contribution in [1.82, 2.24) is 14.8 Å². The van der Waals surface area contributed by atoms with E-state index in [1.54, 1.807) is 16.8 Å². The van der Waals surface area contributed by atoms with E-state index in [1.165, 1.54) is 0 Å². The fraction of sp³-hybridized carbons (Fsp3) is 0.333. The number of hydrogen-bond acceptors (Lipinski definition) is 2. The highest BCUT2D eigenvalue weighted by Crippen LogP contribution is 2.21. The predicted molar refractivity (Wildman–Crippen MR) is 70.1 cm³/mol. The molecule has 0 N–H and O–H groups in total. The maximum Gasteiger partial charge on any atom is 0.225 e. The SMILES string of the molecule is CC[C@@H](C)c1nc(Cl)n(-c2ccc(Cl)cc2)n1. The van der Waals surface area contributed by atoms with Crippen molar-refractivity contribution in [2.75, 3.05) is 0 Å². The summed E-state index contributed by atoms with van der Waals surface area (Å²) in [6.45, 7) is 4.18. The van der Waals surface area contributed by atoms with Crippen molar-refractivity contribution in [2.24, 2.45) is 0 Å². The standard InChI is InChI=1S/C12H13Cl2N3/c1-3-8(2)11-15-12(14)17(16-11)10-6-4-9(13)5-7-10/h4-8H,3H2,1-2H3/t8-/m1/s1. The van der Waals surface area contributed by atoms with E-state index in [0.717, 1.165) is 17.9 Å². The van der Waals surface area contributed by atoms with Gasteiger partial charge in [0.15, 0.2) is 5.82 Å². The van der Waals surface area contributed by atoms with E-state index >= 15 is 0 Å². The summed E-state index contributed by atoms with van der Waals surface area (Å²) in [5.74, 6) is 1.08. The Labute approximate surface area is 110 Å². The first-order chi connectivity index (χ1) is 8.11. The normalized spacial score (nSPS) is 12.7. The van der Waals surface area contributed by atoms with E-state index in [4.69, 9.17) is 23.2 Å². The van der Waals surface area contributed by atoms with Crippen LogP contribution in [0, 0.1) is 0 Å². The van der Waals surface area contributed by atoms with Gasteiger partial charge in [-0.15, -0.1) is 5.10 Å². The third-order valence-corrected chi connectivity index (χ3v) is 3.20. The highest BCUT2D eigenvalue weighted by Gasteiger charge is 2.13. The Balaban J connectivity index is 2.39. The summed E-state index contributed by atoms with van der Waals surface area (Å²) in [4.78, 5) is 4.26. The fourth-order valence-electron chi connectivity index (χ4n) is 1.45. The van der Waals surface area contributed by atoms with E-state index in [0.29, 0.717) is 16.2 Å². The first kappa shape index (κ1) is 12.4. The summed E-state index contributed by atoms with van der Waals surface area (Å²) in [6.07, 6.45) is 0.987. The van der Waals surface area contributed by atoms with Crippen molar-refractivity contribution in [1.29, 1.82) is 0 Å². The quantitative estimate of drug-likeness (QED) is 0.841. The first-order valence-electron chi connectivity index (χ1n) is 5.50. The molecule has 0 unspecified atom stereocenters. The maximum absolute atomic E-state index is 6.08. The monoisotopic (exact) mass is 269 g/mol. The Bertz CT molecular complexity index is 505. The van der Waals surface area contributed by atoms with Crippen LogP contribution in [0.3, 0.4) is 0 Å². The number of halogens is 2. The van der Waals surface area contributed by atoms with Crippen molar-refractivity contribution in [2.45, 2.75) is 26.2 Å². The predicted octanol–water partition coefficient (Wildman–Crippen LogP) is 4.09. The maximum atomic E-state index is 6.08. The molecule has 17 heavy (non-hydrogen) atoms. The van der Waals surface area contributed by atoms with Gasteiger partial charge in [-0.3, -0.25) is 0 Å². The summed E-state index contributed by atoms with van der Waals surface area (Å²) >= 11 is 11.9. The molecule has 0 bridgehead atoms. The van der Waals surface area contributed by atoms with Crippen molar-refractivity contribution in [3.8, 4) is 5.69 Å². The zero-order valence-electron chi connectivity index (χ0n) is 9.69. The van der Waals surface area contributed by atoms with Gasteiger partial charge in [0.25, 0.3) is 0 Å². The van der Waals surface area contributed by atoms with Crippen LogP contribution in [0.25, 0.3) is 5.69 Å². The summed E-state index contributed by atoms with van der Waals surface area (Å²) in [6, 6.07) is 7.34. The Morgan fingerprint density at radius 1 is 1.24 bits per heavy atom. The Kier molecular flexibility index (Phi) is 3.69. The Morgan fingerprint density at radius 2 is 1.88 bits per heavy atom. The van der Waals surface area contributed by atoms with Crippen LogP contribution in [0.4, 0.5) is 0 Å². The van der Waals surface area contributed by atoms with Gasteiger partial charge in [-0.25, -0.2) is 9.67 Å². The molecule has 0 spiro atoms. The molecule has 0 aliphatic carbocycles. The minimum atomic E-state index is 0.307. The van der Waals surface area contributed by atoms with E-state index in [-0.39, 0.29) is 0 Å². The van der Waals surface area contributed by atoms with Crippen LogP contribution in [-0.2, 0) is 0 Å². The molecule has 2 rings (SSSR count). The van der Waals surface area contributed by atoms with E-state index < -0.39 is 0 Å². The smallest absolute Gasteiger partial charge is 0.203 e. The number of aromatic nitrogens is 3. The molecule has 2 aromatic rings. The Hall–Kier alpha value is -1.06. The van der Waals surface area contributed by atoms with Crippen LogP contribution in [0.15, 0.2) is 24.3 Å². The lowest BCUT2D eigenvalue weighted by atomic mass is 10.1. The molecule has 3 nitrogen and oxygen atoms in total. The zero-order chi connectivity index (χ0) is 12.4. The molecule has 0 aliphatic heterocycles. The number of hydrogen-bond donors (Lipinski definition) is 0. The molecule has 1 atom stereocenters. The fourth-order valence-corrected chi connectivity index (χ4v) is 1.79. The second-order valence-corrected chi connectivity index (χ2v) is 4.71. The topological polar surface area (TPSA) is 30.7 Å². The zero-order valence-corrected chi connectivity index (χ0v) is 11.2. The van der Waals surface area contributed by atoms with E-state index in [9.17, 15) is 0 Å². The summed E-state index contributed by atoms with van der Waals surface area (Å²) in [5.41, 5.74) is 0.862. The second kappa shape index (κ2) is 5.07. The van der Waals surface area contributed by atoms with Gasteiger partial charge in [-0.05, 0) is 42.3 Å². The molecule has 0 saturated heterocycles. The van der Waals surface area contributed by atoms with Crippen LogP contribution in [0.2, 0.25) is 10.3 Å². The lowest BCUT2D eigenvalue weighted by molar-refractivity contribution is 0.672. The lowest BCUT2D eigenvalue weighted by Gasteiger charge is -2.02. The van der Waals surface area contributed by atoms with Gasteiger partial charge in [-0.1, -0.05) is 25.4 Å². The molecule has 5 heteroatoms. The average Bonchev–Trinajstić information content (AvgIpc) is 2.71.